The molecule has 2 aliphatic rings. The van der Waals surface area contributed by atoms with Crippen molar-refractivity contribution in [1.29, 1.82) is 0 Å². The van der Waals surface area contributed by atoms with E-state index in [1.807, 2.05) is 0 Å². The van der Waals surface area contributed by atoms with Gasteiger partial charge in [0.25, 0.3) is 0 Å². The van der Waals surface area contributed by atoms with Gasteiger partial charge in [0, 0.05) is 6.61 Å². The van der Waals surface area contributed by atoms with E-state index in [-0.39, 0.29) is 0 Å². The van der Waals surface area contributed by atoms with Crippen molar-refractivity contribution in [1.82, 2.24) is 0 Å². The highest BCUT2D eigenvalue weighted by molar-refractivity contribution is 5.35. The molecule has 1 heteroatoms. The van der Waals surface area contributed by atoms with Crippen molar-refractivity contribution in [3.63, 3.8) is 0 Å². The summed E-state index contributed by atoms with van der Waals surface area (Å²) in [5, 5.41) is 0. The molecule has 0 saturated carbocycles. The minimum absolute atomic E-state index is 0.386. The lowest BCUT2D eigenvalue weighted by atomic mass is 9.89. The minimum atomic E-state index is 0.386. The number of hydrogen-bond donors (Lipinski definition) is 0. The van der Waals surface area contributed by atoms with Crippen LogP contribution in [-0.4, -0.2) is 6.61 Å². The van der Waals surface area contributed by atoms with Crippen molar-refractivity contribution in [2.24, 2.45) is 0 Å². The quantitative estimate of drug-likeness (QED) is 0.678. The van der Waals surface area contributed by atoms with Crippen LogP contribution >= 0.6 is 0 Å². The Hall–Kier alpha value is -0.820. The van der Waals surface area contributed by atoms with Crippen LogP contribution in [0.15, 0.2) is 18.2 Å². The predicted molar refractivity (Wildman–Crippen MR) is 61.0 cm³/mol. The molecule has 80 valence electrons. The number of ether oxygens (including phenoxy) is 1. The van der Waals surface area contributed by atoms with Crippen LogP contribution < -0.4 is 0 Å². The van der Waals surface area contributed by atoms with Crippen molar-refractivity contribution >= 4 is 0 Å². The molecule has 15 heavy (non-hydrogen) atoms. The molecular weight excluding hydrogens is 184 g/mol. The summed E-state index contributed by atoms with van der Waals surface area (Å²) in [6, 6.07) is 7.00. The molecule has 1 aromatic carbocycles. The normalized spacial score (nSPS) is 25.2. The van der Waals surface area contributed by atoms with E-state index in [0.29, 0.717) is 6.10 Å². The summed E-state index contributed by atoms with van der Waals surface area (Å²) in [6.07, 6.45) is 8.10. The third-order valence-corrected chi connectivity index (χ3v) is 3.67. The Morgan fingerprint density at radius 1 is 1.00 bits per heavy atom. The van der Waals surface area contributed by atoms with Crippen molar-refractivity contribution in [2.75, 3.05) is 6.61 Å². The first-order valence-electron chi connectivity index (χ1n) is 6.17. The summed E-state index contributed by atoms with van der Waals surface area (Å²) in [5.74, 6) is 0. The average Bonchev–Trinajstić information content (AvgIpc) is 2.82. The van der Waals surface area contributed by atoms with Crippen molar-refractivity contribution in [3.8, 4) is 0 Å². The lowest BCUT2D eigenvalue weighted by Crippen LogP contribution is -2.05. The van der Waals surface area contributed by atoms with E-state index in [2.05, 4.69) is 18.2 Å². The fourth-order valence-corrected chi connectivity index (χ4v) is 2.79. The molecule has 1 saturated heterocycles. The second-order valence-corrected chi connectivity index (χ2v) is 4.74. The number of rotatable bonds is 1. The molecule has 0 radical (unpaired) electrons. The Balaban J connectivity index is 1.89. The van der Waals surface area contributed by atoms with Gasteiger partial charge < -0.3 is 4.74 Å². The van der Waals surface area contributed by atoms with Gasteiger partial charge in [-0.3, -0.25) is 0 Å². The summed E-state index contributed by atoms with van der Waals surface area (Å²) in [5.41, 5.74) is 4.56. The molecule has 1 aliphatic heterocycles. The van der Waals surface area contributed by atoms with Crippen LogP contribution in [0.4, 0.5) is 0 Å². The first-order valence-corrected chi connectivity index (χ1v) is 6.17. The highest BCUT2D eigenvalue weighted by Crippen LogP contribution is 2.31. The molecule has 0 aromatic heterocycles. The molecule has 3 rings (SSSR count). The topological polar surface area (TPSA) is 9.23 Å². The Morgan fingerprint density at radius 3 is 2.67 bits per heavy atom. The summed E-state index contributed by atoms with van der Waals surface area (Å²) in [6.45, 7) is 0.946. The van der Waals surface area contributed by atoms with Crippen LogP contribution in [0.25, 0.3) is 0 Å². The smallest absolute Gasteiger partial charge is 0.0825 e. The van der Waals surface area contributed by atoms with Gasteiger partial charge in [0.15, 0.2) is 0 Å². The molecule has 1 aliphatic carbocycles. The highest BCUT2D eigenvalue weighted by atomic mass is 16.5. The Labute approximate surface area is 91.5 Å². The molecule has 0 spiro atoms. The van der Waals surface area contributed by atoms with E-state index in [0.717, 1.165) is 6.61 Å². The second-order valence-electron chi connectivity index (χ2n) is 4.74. The summed E-state index contributed by atoms with van der Waals surface area (Å²) >= 11 is 0. The van der Waals surface area contributed by atoms with E-state index in [1.54, 1.807) is 11.1 Å². The number of benzene rings is 1. The number of hydrogen-bond acceptors (Lipinski definition) is 1. The molecule has 0 bridgehead atoms. The van der Waals surface area contributed by atoms with Gasteiger partial charge in [0.05, 0.1) is 6.10 Å². The van der Waals surface area contributed by atoms with Gasteiger partial charge in [0.2, 0.25) is 0 Å². The SMILES string of the molecule is c1cc2c(cc1C1CCCO1)CCCC2. The maximum Gasteiger partial charge on any atom is 0.0825 e. The van der Waals surface area contributed by atoms with Crippen LogP contribution in [0.3, 0.4) is 0 Å². The van der Waals surface area contributed by atoms with Crippen molar-refractivity contribution in [2.45, 2.75) is 44.6 Å². The van der Waals surface area contributed by atoms with Crippen LogP contribution in [0.2, 0.25) is 0 Å². The molecule has 0 amide bonds. The summed E-state index contributed by atoms with van der Waals surface area (Å²) < 4.78 is 5.73. The molecule has 1 heterocycles. The minimum Gasteiger partial charge on any atom is -0.374 e. The second kappa shape index (κ2) is 3.97. The predicted octanol–water partition coefficient (Wildman–Crippen LogP) is 3.42. The zero-order chi connectivity index (χ0) is 10.1. The fourth-order valence-electron chi connectivity index (χ4n) is 2.79. The molecular formula is C14H18O. The van der Waals surface area contributed by atoms with Gasteiger partial charge in [-0.15, -0.1) is 0 Å². The molecule has 1 aromatic rings. The summed E-state index contributed by atoms with van der Waals surface area (Å²) in [7, 11) is 0. The molecule has 1 nitrogen and oxygen atoms in total. The van der Waals surface area contributed by atoms with E-state index in [4.69, 9.17) is 4.74 Å². The zero-order valence-corrected chi connectivity index (χ0v) is 9.17. The maximum atomic E-state index is 5.73. The van der Waals surface area contributed by atoms with E-state index in [9.17, 15) is 0 Å². The van der Waals surface area contributed by atoms with Gasteiger partial charge in [-0.1, -0.05) is 18.2 Å². The standard InChI is InChI=1S/C14H18O/c1-2-5-12-10-13(8-7-11(12)4-1)14-6-3-9-15-14/h7-8,10,14H,1-6,9H2. The average molecular weight is 202 g/mol. The fraction of sp³-hybridized carbons (Fsp3) is 0.571. The largest absolute Gasteiger partial charge is 0.374 e. The third-order valence-electron chi connectivity index (χ3n) is 3.67. The van der Waals surface area contributed by atoms with Crippen LogP contribution in [0.1, 0.15) is 48.5 Å². The van der Waals surface area contributed by atoms with E-state index >= 15 is 0 Å². The first kappa shape index (κ1) is 9.41. The van der Waals surface area contributed by atoms with Gasteiger partial charge >= 0.3 is 0 Å². The van der Waals surface area contributed by atoms with Crippen LogP contribution in [0.5, 0.6) is 0 Å². The first-order chi connectivity index (χ1) is 7.43. The van der Waals surface area contributed by atoms with E-state index < -0.39 is 0 Å². The van der Waals surface area contributed by atoms with Crippen LogP contribution in [0, 0.1) is 0 Å². The van der Waals surface area contributed by atoms with Gasteiger partial charge in [-0.05, 0) is 55.2 Å². The van der Waals surface area contributed by atoms with Crippen molar-refractivity contribution < 1.29 is 4.74 Å². The van der Waals surface area contributed by atoms with Crippen LogP contribution in [-0.2, 0) is 17.6 Å². The Bertz CT molecular complexity index is 350. The number of fused-ring (bicyclic) bond motifs is 1. The monoisotopic (exact) mass is 202 g/mol. The Kier molecular flexibility index (Phi) is 2.49. The van der Waals surface area contributed by atoms with Gasteiger partial charge in [-0.25, -0.2) is 0 Å². The third kappa shape index (κ3) is 1.81. The maximum absolute atomic E-state index is 5.73. The van der Waals surface area contributed by atoms with Crippen molar-refractivity contribution in [3.05, 3.63) is 34.9 Å². The van der Waals surface area contributed by atoms with Gasteiger partial charge in [-0.2, -0.15) is 0 Å². The molecule has 1 unspecified atom stereocenters. The number of aryl methyl sites for hydroxylation is 2. The van der Waals surface area contributed by atoms with Gasteiger partial charge in [0.1, 0.15) is 0 Å². The highest BCUT2D eigenvalue weighted by Gasteiger charge is 2.19. The molecule has 1 fully saturated rings. The zero-order valence-electron chi connectivity index (χ0n) is 9.17. The Morgan fingerprint density at radius 2 is 1.87 bits per heavy atom. The van der Waals surface area contributed by atoms with E-state index in [1.165, 1.54) is 44.1 Å². The lowest BCUT2D eigenvalue weighted by molar-refractivity contribution is 0.112. The molecule has 1 atom stereocenters. The lowest BCUT2D eigenvalue weighted by Gasteiger charge is -2.18. The summed E-state index contributed by atoms with van der Waals surface area (Å²) in [4.78, 5) is 0. The molecule has 0 N–H and O–H groups in total.